The lowest BCUT2D eigenvalue weighted by Gasteiger charge is -2.18. The smallest absolute Gasteiger partial charge is 0.243 e. The summed E-state index contributed by atoms with van der Waals surface area (Å²) in [7, 11) is -2.00. The Bertz CT molecular complexity index is 1320. The molecule has 2 aromatic carbocycles. The first-order chi connectivity index (χ1) is 17.7. The highest BCUT2D eigenvalue weighted by molar-refractivity contribution is 7.99. The van der Waals surface area contributed by atoms with Crippen molar-refractivity contribution < 1.29 is 22.7 Å². The molecule has 0 fully saturated rings. The minimum atomic E-state index is -3.59. The van der Waals surface area contributed by atoms with Crippen molar-refractivity contribution in [3.8, 4) is 11.4 Å². The van der Waals surface area contributed by atoms with Crippen molar-refractivity contribution in [3.63, 3.8) is 0 Å². The molecule has 0 radical (unpaired) electrons. The van der Waals surface area contributed by atoms with Crippen molar-refractivity contribution in [2.24, 2.45) is 0 Å². The highest BCUT2D eigenvalue weighted by Gasteiger charge is 2.22. The first-order valence-corrected chi connectivity index (χ1v) is 14.2. The summed E-state index contributed by atoms with van der Waals surface area (Å²) >= 11 is 1.23. The van der Waals surface area contributed by atoms with Gasteiger partial charge in [0, 0.05) is 44.2 Å². The number of nitrogens with one attached hydrogen (secondary N) is 1. The van der Waals surface area contributed by atoms with E-state index in [4.69, 9.17) is 4.74 Å². The molecule has 1 N–H and O–H groups in total. The number of amides is 1. The first kappa shape index (κ1) is 28.4. The number of methoxy groups -OCH3 is 1. The maximum absolute atomic E-state index is 12.9. The van der Waals surface area contributed by atoms with E-state index in [1.54, 1.807) is 21.0 Å². The lowest BCUT2D eigenvalue weighted by Crippen LogP contribution is -2.30. The van der Waals surface area contributed by atoms with Crippen molar-refractivity contribution in [2.45, 2.75) is 37.2 Å². The van der Waals surface area contributed by atoms with Gasteiger partial charge in [-0.3, -0.25) is 14.2 Å². The van der Waals surface area contributed by atoms with Crippen LogP contribution < -0.4 is 10.1 Å². The van der Waals surface area contributed by atoms with E-state index >= 15 is 0 Å². The van der Waals surface area contributed by atoms with Crippen LogP contribution in [0.1, 0.15) is 37.0 Å². The molecule has 12 heteroatoms. The van der Waals surface area contributed by atoms with Crippen molar-refractivity contribution in [1.82, 2.24) is 24.4 Å². The number of carbonyl (C=O) groups excluding carboxylic acids is 2. The van der Waals surface area contributed by atoms with Gasteiger partial charge in [-0.25, -0.2) is 8.42 Å². The van der Waals surface area contributed by atoms with Crippen LogP contribution in [0.15, 0.2) is 58.6 Å². The van der Waals surface area contributed by atoms with Crippen molar-refractivity contribution in [3.05, 3.63) is 59.9 Å². The zero-order valence-electron chi connectivity index (χ0n) is 21.3. The van der Waals surface area contributed by atoms with Crippen molar-refractivity contribution >= 4 is 33.5 Å². The van der Waals surface area contributed by atoms with Gasteiger partial charge in [-0.1, -0.05) is 37.7 Å². The second-order valence-corrected chi connectivity index (χ2v) is 10.9. The zero-order valence-corrected chi connectivity index (χ0v) is 22.9. The van der Waals surface area contributed by atoms with Crippen LogP contribution in [0.4, 0.5) is 0 Å². The van der Waals surface area contributed by atoms with E-state index in [0.29, 0.717) is 48.3 Å². The molecule has 10 nitrogen and oxygen atoms in total. The number of benzene rings is 2. The van der Waals surface area contributed by atoms with Crippen LogP contribution >= 0.6 is 11.8 Å². The Hall–Kier alpha value is -3.22. The quantitative estimate of drug-likeness (QED) is 0.257. The van der Waals surface area contributed by atoms with Crippen LogP contribution in [-0.2, 0) is 21.2 Å². The number of sulfonamides is 1. The monoisotopic (exact) mass is 545 g/mol. The van der Waals surface area contributed by atoms with E-state index in [9.17, 15) is 18.0 Å². The van der Waals surface area contributed by atoms with E-state index in [1.165, 1.54) is 47.3 Å². The number of ether oxygens (including phenoxy) is 1. The van der Waals surface area contributed by atoms with E-state index in [0.717, 1.165) is 5.69 Å². The molecule has 0 saturated heterocycles. The molecule has 0 saturated carbocycles. The van der Waals surface area contributed by atoms with Crippen molar-refractivity contribution in [2.75, 3.05) is 32.5 Å². The van der Waals surface area contributed by atoms with E-state index in [2.05, 4.69) is 15.5 Å². The van der Waals surface area contributed by atoms with E-state index in [-0.39, 0.29) is 22.3 Å². The highest BCUT2D eigenvalue weighted by Crippen LogP contribution is 2.25. The van der Waals surface area contributed by atoms with Gasteiger partial charge in [-0.2, -0.15) is 4.31 Å². The maximum Gasteiger partial charge on any atom is 0.243 e. The molecule has 0 unspecified atom stereocenters. The summed E-state index contributed by atoms with van der Waals surface area (Å²) in [6, 6.07) is 13.4. The molecule has 1 aromatic heterocycles. The first-order valence-electron chi connectivity index (χ1n) is 11.8. The number of aromatic nitrogens is 3. The molecule has 3 rings (SSSR count). The van der Waals surface area contributed by atoms with Crippen LogP contribution in [0.3, 0.4) is 0 Å². The average Bonchev–Trinajstić information content (AvgIpc) is 3.30. The van der Waals surface area contributed by atoms with Gasteiger partial charge in [-0.15, -0.1) is 10.2 Å². The number of ketones is 1. The van der Waals surface area contributed by atoms with Gasteiger partial charge in [0.2, 0.25) is 15.9 Å². The molecule has 0 aliphatic carbocycles. The third kappa shape index (κ3) is 6.96. The Balaban J connectivity index is 1.78. The third-order valence-corrected chi connectivity index (χ3v) is 8.60. The molecule has 198 valence electrons. The number of Topliss-reactive ketones (excluding diaryl/α,β-unsaturated/α-hetero) is 1. The van der Waals surface area contributed by atoms with Gasteiger partial charge in [0.25, 0.3) is 0 Å². The second kappa shape index (κ2) is 12.8. The largest absolute Gasteiger partial charge is 0.497 e. The van der Waals surface area contributed by atoms with Crippen LogP contribution in [0, 0.1) is 0 Å². The third-order valence-electron chi connectivity index (χ3n) is 5.61. The average molecular weight is 546 g/mol. The molecule has 0 bridgehead atoms. The summed E-state index contributed by atoms with van der Waals surface area (Å²) in [6.45, 7) is 6.16. The predicted octanol–water partition coefficient (Wildman–Crippen LogP) is 2.96. The van der Waals surface area contributed by atoms with Crippen LogP contribution in [-0.4, -0.2) is 71.7 Å². The van der Waals surface area contributed by atoms with Gasteiger partial charge in [0.1, 0.15) is 11.6 Å². The summed E-state index contributed by atoms with van der Waals surface area (Å²) in [6.07, 6.45) is 0.454. The lowest BCUT2D eigenvalue weighted by atomic mass is 10.1. The minimum absolute atomic E-state index is 0.0854. The number of rotatable bonds is 13. The summed E-state index contributed by atoms with van der Waals surface area (Å²) < 4.78 is 33.9. The van der Waals surface area contributed by atoms with Gasteiger partial charge in [0.05, 0.1) is 17.8 Å². The normalized spacial score (nSPS) is 11.5. The Labute approximate surface area is 221 Å². The Morgan fingerprint density at radius 2 is 1.68 bits per heavy atom. The summed E-state index contributed by atoms with van der Waals surface area (Å²) in [4.78, 5) is 24.3. The second-order valence-electron chi connectivity index (χ2n) is 7.99. The standard InChI is InChI=1S/C25H31N5O5S2/c1-5-29(6-2)37(33,34)22-13-7-19(8-14-22)23(32)17-36-25-28-27-24(15-16-26-18(3)31)30(25)20-9-11-21(35-4)12-10-20/h7-14H,5-6,15-17H2,1-4H3,(H,26,31). The fourth-order valence-electron chi connectivity index (χ4n) is 3.64. The number of nitrogens with zero attached hydrogens (tertiary/aromatic N) is 4. The molecule has 1 heterocycles. The maximum atomic E-state index is 12.9. The molecule has 37 heavy (non-hydrogen) atoms. The van der Waals surface area contributed by atoms with E-state index in [1.807, 2.05) is 28.8 Å². The lowest BCUT2D eigenvalue weighted by molar-refractivity contribution is -0.118. The van der Waals surface area contributed by atoms with Gasteiger partial charge in [0.15, 0.2) is 10.9 Å². The number of hydrogen-bond donors (Lipinski definition) is 1. The van der Waals surface area contributed by atoms with Gasteiger partial charge >= 0.3 is 0 Å². The highest BCUT2D eigenvalue weighted by atomic mass is 32.2. The molecular weight excluding hydrogens is 514 g/mol. The predicted molar refractivity (Wildman–Crippen MR) is 142 cm³/mol. The molecule has 0 aliphatic heterocycles. The Kier molecular flexibility index (Phi) is 9.84. The molecule has 0 atom stereocenters. The summed E-state index contributed by atoms with van der Waals surface area (Å²) in [5.74, 6) is 1.13. The fraction of sp³-hybridized carbons (Fsp3) is 0.360. The number of carbonyl (C=O) groups is 2. The van der Waals surface area contributed by atoms with Crippen molar-refractivity contribution in [1.29, 1.82) is 0 Å². The summed E-state index contributed by atoms with van der Waals surface area (Å²) in [5.41, 5.74) is 1.21. The van der Waals surface area contributed by atoms with Crippen LogP contribution in [0.2, 0.25) is 0 Å². The minimum Gasteiger partial charge on any atom is -0.497 e. The van der Waals surface area contributed by atoms with E-state index < -0.39 is 10.0 Å². The molecule has 3 aromatic rings. The molecular formula is C25H31N5O5S2. The number of hydrogen-bond acceptors (Lipinski definition) is 8. The zero-order chi connectivity index (χ0) is 27.0. The summed E-state index contributed by atoms with van der Waals surface area (Å²) in [5, 5.41) is 11.8. The SMILES string of the molecule is CCN(CC)S(=O)(=O)c1ccc(C(=O)CSc2nnc(CCNC(C)=O)n2-c2ccc(OC)cc2)cc1. The van der Waals surface area contributed by atoms with Gasteiger partial charge < -0.3 is 10.1 Å². The Morgan fingerprint density at radius 1 is 1.03 bits per heavy atom. The molecule has 0 spiro atoms. The topological polar surface area (TPSA) is 123 Å². The van der Waals surface area contributed by atoms with Gasteiger partial charge in [-0.05, 0) is 36.4 Å². The van der Waals surface area contributed by atoms with Crippen LogP contribution in [0.5, 0.6) is 5.75 Å². The Morgan fingerprint density at radius 3 is 2.24 bits per heavy atom. The van der Waals surface area contributed by atoms with Crippen LogP contribution in [0.25, 0.3) is 5.69 Å². The fourth-order valence-corrected chi connectivity index (χ4v) is 5.96. The number of thioether (sulfide) groups is 1. The molecule has 1 amide bonds. The molecule has 0 aliphatic rings.